The molecule has 2 aliphatic rings. The molecule has 7 aromatic rings. The molecular weight excluding hydrogens is 1060 g/mol. The molecule has 9 rings (SSSR count). The number of para-hydroxylation sites is 1. The lowest BCUT2D eigenvalue weighted by molar-refractivity contribution is 0.176. The molecule has 454 valence electrons. The number of aromatic amines is 2. The van der Waals surface area contributed by atoms with Crippen LogP contribution in [0.5, 0.6) is 23.0 Å². The van der Waals surface area contributed by atoms with Crippen LogP contribution in [0.15, 0.2) is 121 Å². The Hall–Kier alpha value is -7.44. The first-order valence-electron chi connectivity index (χ1n) is 32.6. The fourth-order valence-corrected chi connectivity index (χ4v) is 11.9. The van der Waals surface area contributed by atoms with E-state index in [9.17, 15) is 0 Å². The number of ether oxygens (including phenoxy) is 4. The third-order valence-corrected chi connectivity index (χ3v) is 17.0. The van der Waals surface area contributed by atoms with Crippen molar-refractivity contribution in [1.29, 1.82) is 0 Å². The minimum atomic E-state index is 0.0935. The van der Waals surface area contributed by atoms with Crippen LogP contribution in [0.25, 0.3) is 90.9 Å². The smallest absolute Gasteiger partial charge is 0.127 e. The van der Waals surface area contributed by atoms with Gasteiger partial charge in [-0.3, -0.25) is 0 Å². The number of rotatable bonds is 34. The molecule has 0 radical (unpaired) electrons. The molecule has 5 heterocycles. The van der Waals surface area contributed by atoms with E-state index < -0.39 is 0 Å². The van der Waals surface area contributed by atoms with Gasteiger partial charge in [0.15, 0.2) is 0 Å². The highest BCUT2D eigenvalue weighted by Crippen LogP contribution is 2.42. The van der Waals surface area contributed by atoms with Crippen molar-refractivity contribution in [3.63, 3.8) is 0 Å². The SMILES string of the molecule is CCCCCCC(CCC)Oc1ccccc1-c1c2nc(c(-c3ccc(OCCCN(CC)CC)cc3)c3ccc([nH]3)c(-c3ccc(OCCCN(CC)CC)cc3)c3nc(c(-c4ccc(OCCCN(CC)CC)cc4)c4ccc1[nH]4)C=C3)C=C2. The van der Waals surface area contributed by atoms with Crippen LogP contribution in [-0.4, -0.2) is 119 Å². The predicted octanol–water partition coefficient (Wildman–Crippen LogP) is 18.2. The standard InChI is InChI=1S/C75H95N7O4/c1-9-17-18-19-26-61(25-10-2)86-71-28-21-20-27-62(71)75-69-47-45-67(78-69)73(56-31-37-59(38-32-56)84-53-23-50-81(13-5)14-6)65-43-41-63(76-65)72(55-29-35-58(36-30-55)83-52-22-49-80(11-3)12-4)64-42-44-66(77-64)74(68-46-48-70(75)79-68)57-33-39-60(40-34-57)85-54-24-51-82(15-7)16-8/h20-21,27-48,61,76,79H,9-19,22-26,49-54H2,1-8H3. The van der Waals surface area contributed by atoms with Crippen LogP contribution in [-0.2, 0) is 0 Å². The van der Waals surface area contributed by atoms with Gasteiger partial charge in [0.25, 0.3) is 0 Å². The van der Waals surface area contributed by atoms with Gasteiger partial charge in [0.2, 0.25) is 0 Å². The molecule has 0 saturated heterocycles. The van der Waals surface area contributed by atoms with Gasteiger partial charge in [-0.25, -0.2) is 9.97 Å². The summed E-state index contributed by atoms with van der Waals surface area (Å²) in [5.41, 5.74) is 15.0. The maximum atomic E-state index is 7.18. The second-order valence-corrected chi connectivity index (χ2v) is 22.6. The summed E-state index contributed by atoms with van der Waals surface area (Å²) in [6.45, 7) is 29.0. The number of hydrogen-bond acceptors (Lipinski definition) is 9. The fourth-order valence-electron chi connectivity index (χ4n) is 11.9. The maximum absolute atomic E-state index is 7.18. The fraction of sp³-hybridized carbons (Fsp3) is 0.413. The van der Waals surface area contributed by atoms with E-state index in [0.29, 0.717) is 19.8 Å². The third kappa shape index (κ3) is 16.3. The molecule has 11 heteroatoms. The molecular formula is C75H95N7O4. The second kappa shape index (κ2) is 32.3. The maximum Gasteiger partial charge on any atom is 0.127 e. The number of nitrogens with one attached hydrogen (secondary N) is 2. The van der Waals surface area contributed by atoms with Gasteiger partial charge in [-0.15, -0.1) is 0 Å². The van der Waals surface area contributed by atoms with Crippen LogP contribution < -0.4 is 18.9 Å². The Morgan fingerprint density at radius 3 is 1.12 bits per heavy atom. The highest BCUT2D eigenvalue weighted by Gasteiger charge is 2.22. The molecule has 2 aliphatic heterocycles. The lowest BCUT2D eigenvalue weighted by Crippen LogP contribution is -2.25. The van der Waals surface area contributed by atoms with Crippen LogP contribution in [0.4, 0.5) is 0 Å². The van der Waals surface area contributed by atoms with E-state index in [0.717, 1.165) is 216 Å². The third-order valence-electron chi connectivity index (χ3n) is 17.0. The quantitative estimate of drug-likeness (QED) is 0.0382. The highest BCUT2D eigenvalue weighted by atomic mass is 16.5. The monoisotopic (exact) mass is 1160 g/mol. The number of unbranched alkanes of at least 4 members (excludes halogenated alkanes) is 3. The first-order chi connectivity index (χ1) is 42.3. The van der Waals surface area contributed by atoms with Gasteiger partial charge < -0.3 is 43.6 Å². The molecule has 2 N–H and O–H groups in total. The summed E-state index contributed by atoms with van der Waals surface area (Å²) in [5.74, 6) is 3.39. The van der Waals surface area contributed by atoms with Gasteiger partial charge in [0, 0.05) is 69.5 Å². The first kappa shape index (κ1) is 63.1. The Kier molecular flexibility index (Phi) is 23.7. The summed E-state index contributed by atoms with van der Waals surface area (Å²) in [6, 6.07) is 42.9. The minimum absolute atomic E-state index is 0.0935. The number of H-pyrrole nitrogens is 2. The number of fused-ring (bicyclic) bond motifs is 8. The molecule has 3 aromatic heterocycles. The van der Waals surface area contributed by atoms with E-state index in [1.54, 1.807) is 0 Å². The largest absolute Gasteiger partial charge is 0.494 e. The molecule has 86 heavy (non-hydrogen) atoms. The number of aromatic nitrogens is 4. The summed E-state index contributed by atoms with van der Waals surface area (Å²) >= 11 is 0. The normalized spacial score (nSPS) is 12.5. The van der Waals surface area contributed by atoms with Gasteiger partial charge in [0.1, 0.15) is 23.0 Å². The highest BCUT2D eigenvalue weighted by molar-refractivity contribution is 6.00. The zero-order valence-corrected chi connectivity index (χ0v) is 52.9. The minimum Gasteiger partial charge on any atom is -0.494 e. The van der Waals surface area contributed by atoms with E-state index in [-0.39, 0.29) is 6.10 Å². The molecule has 1 atom stereocenters. The van der Waals surface area contributed by atoms with Crippen molar-refractivity contribution in [3.05, 3.63) is 144 Å². The van der Waals surface area contributed by atoms with E-state index in [1.807, 2.05) is 0 Å². The molecule has 0 fully saturated rings. The molecule has 1 unspecified atom stereocenters. The average Bonchev–Trinajstić information content (AvgIpc) is 2.05. The first-order valence-corrected chi connectivity index (χ1v) is 32.6. The summed E-state index contributed by atoms with van der Waals surface area (Å²) in [4.78, 5) is 26.6. The van der Waals surface area contributed by atoms with Gasteiger partial charge in [0.05, 0.1) is 48.7 Å². The molecule has 0 aliphatic carbocycles. The predicted molar refractivity (Wildman–Crippen MR) is 362 cm³/mol. The van der Waals surface area contributed by atoms with Gasteiger partial charge in [-0.2, -0.15) is 0 Å². The Morgan fingerprint density at radius 1 is 0.372 bits per heavy atom. The summed E-state index contributed by atoms with van der Waals surface area (Å²) in [6.07, 6.45) is 19.5. The molecule has 0 saturated carbocycles. The zero-order valence-electron chi connectivity index (χ0n) is 52.9. The summed E-state index contributed by atoms with van der Waals surface area (Å²) in [5, 5.41) is 0. The number of benzene rings is 4. The lowest BCUT2D eigenvalue weighted by atomic mass is 10.0. The number of hydrogen-bond donors (Lipinski definition) is 2. The Bertz CT molecular complexity index is 3400. The lowest BCUT2D eigenvalue weighted by Gasteiger charge is -2.21. The van der Waals surface area contributed by atoms with E-state index in [4.69, 9.17) is 28.9 Å². The molecule has 0 spiro atoms. The van der Waals surface area contributed by atoms with Crippen molar-refractivity contribution >= 4 is 46.4 Å². The summed E-state index contributed by atoms with van der Waals surface area (Å²) in [7, 11) is 0. The van der Waals surface area contributed by atoms with Crippen molar-refractivity contribution in [2.24, 2.45) is 0 Å². The molecule has 11 nitrogen and oxygen atoms in total. The Morgan fingerprint density at radius 2 is 0.744 bits per heavy atom. The van der Waals surface area contributed by atoms with Crippen molar-refractivity contribution in [2.45, 2.75) is 126 Å². The van der Waals surface area contributed by atoms with Gasteiger partial charge in [-0.1, -0.05) is 136 Å². The average molecular weight is 1160 g/mol. The number of nitrogens with zero attached hydrogens (tertiary/aromatic N) is 5. The van der Waals surface area contributed by atoms with Crippen LogP contribution in [0, 0.1) is 0 Å². The zero-order chi connectivity index (χ0) is 60.0. The van der Waals surface area contributed by atoms with Crippen LogP contribution in [0.2, 0.25) is 0 Å². The molecule has 0 amide bonds. The second-order valence-electron chi connectivity index (χ2n) is 22.6. The summed E-state index contributed by atoms with van der Waals surface area (Å²) < 4.78 is 26.3. The van der Waals surface area contributed by atoms with Crippen LogP contribution >= 0.6 is 0 Å². The van der Waals surface area contributed by atoms with E-state index in [2.05, 4.69) is 226 Å². The van der Waals surface area contributed by atoms with Crippen molar-refractivity contribution < 1.29 is 18.9 Å². The van der Waals surface area contributed by atoms with Crippen LogP contribution in [0.1, 0.15) is 142 Å². The topological polar surface area (TPSA) is 104 Å². The van der Waals surface area contributed by atoms with Crippen LogP contribution in [0.3, 0.4) is 0 Å². The van der Waals surface area contributed by atoms with E-state index in [1.165, 1.54) is 19.3 Å². The Balaban J connectivity index is 1.24. The van der Waals surface area contributed by atoms with Crippen molar-refractivity contribution in [1.82, 2.24) is 34.6 Å². The Labute approximate surface area is 513 Å². The molecule has 8 bridgehead atoms. The van der Waals surface area contributed by atoms with Crippen molar-refractivity contribution in [3.8, 4) is 67.5 Å². The van der Waals surface area contributed by atoms with Gasteiger partial charge >= 0.3 is 0 Å². The van der Waals surface area contributed by atoms with Crippen molar-refractivity contribution in [2.75, 3.05) is 78.7 Å². The molecule has 4 aromatic carbocycles. The van der Waals surface area contributed by atoms with Gasteiger partial charge in [-0.05, 0) is 186 Å². The van der Waals surface area contributed by atoms with E-state index >= 15 is 0 Å².